The van der Waals surface area contributed by atoms with Crippen LogP contribution in [0.4, 0.5) is 0 Å². The van der Waals surface area contributed by atoms with Gasteiger partial charge in [0.15, 0.2) is 24.6 Å². The van der Waals surface area contributed by atoms with E-state index in [4.69, 9.17) is 28.4 Å². The normalized spacial score (nSPS) is 26.2. The van der Waals surface area contributed by atoms with Gasteiger partial charge in [-0.3, -0.25) is 19.2 Å². The lowest BCUT2D eigenvalue weighted by Gasteiger charge is -2.43. The van der Waals surface area contributed by atoms with E-state index in [-0.39, 0.29) is 13.2 Å². The molecule has 0 spiro atoms. The molecule has 0 bridgehead atoms. The number of hydrogen-bond acceptors (Lipinski definition) is 10. The van der Waals surface area contributed by atoms with E-state index in [0.717, 1.165) is 20.8 Å². The largest absolute Gasteiger partial charge is 0.463 e. The highest BCUT2D eigenvalue weighted by molar-refractivity contribution is 5.68. The molecule has 0 aromatic heterocycles. The van der Waals surface area contributed by atoms with E-state index in [1.807, 2.05) is 0 Å². The molecule has 5 atom stereocenters. The summed E-state index contributed by atoms with van der Waals surface area (Å²) in [5.41, 5.74) is 0. The van der Waals surface area contributed by atoms with Gasteiger partial charge >= 0.3 is 23.9 Å². The van der Waals surface area contributed by atoms with Crippen LogP contribution >= 0.6 is 0 Å². The second-order valence-corrected chi connectivity index (χ2v) is 5.81. The maximum absolute atomic E-state index is 11.6. The van der Waals surface area contributed by atoms with Crippen molar-refractivity contribution in [2.45, 2.75) is 65.3 Å². The molecule has 1 saturated heterocycles. The minimum Gasteiger partial charge on any atom is -0.463 e. The Bertz CT molecular complexity index is 646. The van der Waals surface area contributed by atoms with E-state index in [2.05, 4.69) is 11.8 Å². The van der Waals surface area contributed by atoms with Gasteiger partial charge in [0.25, 0.3) is 0 Å². The first-order valence-corrected chi connectivity index (χ1v) is 8.47. The third-order valence-electron chi connectivity index (χ3n) is 3.44. The lowest BCUT2D eigenvalue weighted by atomic mass is 9.98. The minimum atomic E-state index is -1.25. The van der Waals surface area contributed by atoms with Crippen molar-refractivity contribution in [3.05, 3.63) is 0 Å². The first-order valence-electron chi connectivity index (χ1n) is 8.47. The molecule has 0 aromatic carbocycles. The molecule has 1 rings (SSSR count). The van der Waals surface area contributed by atoms with Crippen LogP contribution in [0.1, 0.15) is 34.6 Å². The van der Waals surface area contributed by atoms with E-state index in [9.17, 15) is 19.2 Å². The molecule has 0 N–H and O–H groups in total. The Balaban J connectivity index is 3.25. The Kier molecular flexibility index (Phi) is 9.41. The second-order valence-electron chi connectivity index (χ2n) is 5.81. The molecule has 1 aliphatic rings. The molecule has 0 saturated carbocycles. The number of carbonyl (C=O) groups is 4. The van der Waals surface area contributed by atoms with Crippen LogP contribution in [0.5, 0.6) is 0 Å². The lowest BCUT2D eigenvalue weighted by Crippen LogP contribution is -2.63. The summed E-state index contributed by atoms with van der Waals surface area (Å²) >= 11 is 0. The fourth-order valence-corrected chi connectivity index (χ4v) is 2.52. The van der Waals surface area contributed by atoms with Crippen molar-refractivity contribution in [2.75, 3.05) is 13.2 Å². The summed E-state index contributed by atoms with van der Waals surface area (Å²) in [7, 11) is 0. The average Bonchev–Trinajstić information content (AvgIpc) is 2.57. The van der Waals surface area contributed by atoms with E-state index in [0.29, 0.717) is 0 Å². The van der Waals surface area contributed by atoms with Crippen LogP contribution in [0, 0.1) is 11.8 Å². The molecule has 0 aromatic rings. The monoisotopic (exact) mass is 400 g/mol. The predicted molar refractivity (Wildman–Crippen MR) is 91.4 cm³/mol. The molecule has 28 heavy (non-hydrogen) atoms. The third kappa shape index (κ3) is 7.54. The summed E-state index contributed by atoms with van der Waals surface area (Å²) in [5.74, 6) is 2.60. The van der Waals surface area contributed by atoms with Crippen molar-refractivity contribution in [1.82, 2.24) is 0 Å². The second kappa shape index (κ2) is 11.3. The highest BCUT2D eigenvalue weighted by Crippen LogP contribution is 2.29. The van der Waals surface area contributed by atoms with Crippen molar-refractivity contribution in [1.29, 1.82) is 0 Å². The minimum absolute atomic E-state index is 0.0652. The molecule has 0 unspecified atom stereocenters. The van der Waals surface area contributed by atoms with Crippen LogP contribution in [0.3, 0.4) is 0 Å². The highest BCUT2D eigenvalue weighted by atomic mass is 16.7. The Morgan fingerprint density at radius 1 is 0.821 bits per heavy atom. The lowest BCUT2D eigenvalue weighted by molar-refractivity contribution is -0.305. The fourth-order valence-electron chi connectivity index (χ4n) is 2.52. The van der Waals surface area contributed by atoms with Crippen LogP contribution < -0.4 is 0 Å². The number of rotatable bonds is 7. The molecular formula is C18H24O10. The molecule has 1 heterocycles. The van der Waals surface area contributed by atoms with Crippen LogP contribution in [-0.4, -0.2) is 67.8 Å². The van der Waals surface area contributed by atoms with Gasteiger partial charge in [-0.15, -0.1) is 5.92 Å². The van der Waals surface area contributed by atoms with Gasteiger partial charge in [0.2, 0.25) is 0 Å². The van der Waals surface area contributed by atoms with Crippen molar-refractivity contribution >= 4 is 23.9 Å². The Morgan fingerprint density at radius 3 is 1.86 bits per heavy atom. The summed E-state index contributed by atoms with van der Waals surface area (Å²) in [6, 6.07) is 0. The van der Waals surface area contributed by atoms with Crippen LogP contribution in [-0.2, 0) is 47.6 Å². The quantitative estimate of drug-likeness (QED) is 0.330. The average molecular weight is 400 g/mol. The van der Waals surface area contributed by atoms with Crippen molar-refractivity contribution in [2.24, 2.45) is 0 Å². The molecule has 0 amide bonds. The number of hydrogen-bond donors (Lipinski definition) is 0. The summed E-state index contributed by atoms with van der Waals surface area (Å²) in [5, 5.41) is 0. The van der Waals surface area contributed by atoms with Gasteiger partial charge in [-0.1, -0.05) is 5.92 Å². The number of esters is 4. The fraction of sp³-hybridized carbons (Fsp3) is 0.667. The van der Waals surface area contributed by atoms with E-state index in [1.165, 1.54) is 6.92 Å². The zero-order chi connectivity index (χ0) is 21.3. The van der Waals surface area contributed by atoms with Gasteiger partial charge < -0.3 is 28.4 Å². The number of ether oxygens (including phenoxy) is 6. The van der Waals surface area contributed by atoms with Gasteiger partial charge in [-0.2, -0.15) is 0 Å². The summed E-state index contributed by atoms with van der Waals surface area (Å²) in [6.45, 7) is 5.87. The van der Waals surface area contributed by atoms with Crippen molar-refractivity contribution < 1.29 is 47.6 Å². The molecule has 1 aliphatic heterocycles. The van der Waals surface area contributed by atoms with Crippen LogP contribution in [0.15, 0.2) is 0 Å². The molecule has 10 heteroatoms. The van der Waals surface area contributed by atoms with Gasteiger partial charge in [-0.25, -0.2) is 0 Å². The Morgan fingerprint density at radius 2 is 1.36 bits per heavy atom. The molecule has 156 valence electrons. The predicted octanol–water partition coefficient (Wildman–Crippen LogP) is 0.109. The topological polar surface area (TPSA) is 124 Å². The molecular weight excluding hydrogens is 376 g/mol. The summed E-state index contributed by atoms with van der Waals surface area (Å²) in [6.07, 6.45) is -5.94. The first kappa shape index (κ1) is 23.4. The van der Waals surface area contributed by atoms with Gasteiger partial charge in [0.05, 0.1) is 0 Å². The summed E-state index contributed by atoms with van der Waals surface area (Å²) in [4.78, 5) is 45.9. The van der Waals surface area contributed by atoms with Crippen molar-refractivity contribution in [3.63, 3.8) is 0 Å². The SMILES string of the molecule is CC#CCO[C@@H]1O[C@H](COC(C)=O)[C@H](OC(C)=O)[C@H](OC(C)=O)[C@H]1OC(C)=O. The smallest absolute Gasteiger partial charge is 0.303 e. The molecule has 1 fully saturated rings. The summed E-state index contributed by atoms with van der Waals surface area (Å²) < 4.78 is 31.9. The van der Waals surface area contributed by atoms with Crippen LogP contribution in [0.25, 0.3) is 0 Å². The van der Waals surface area contributed by atoms with E-state index >= 15 is 0 Å². The molecule has 0 radical (unpaired) electrons. The Hall–Kier alpha value is -2.64. The Labute approximate surface area is 162 Å². The van der Waals surface area contributed by atoms with Gasteiger partial charge in [0.1, 0.15) is 19.3 Å². The van der Waals surface area contributed by atoms with Crippen molar-refractivity contribution in [3.8, 4) is 11.8 Å². The first-order chi connectivity index (χ1) is 13.1. The van der Waals surface area contributed by atoms with Gasteiger partial charge in [-0.05, 0) is 6.92 Å². The third-order valence-corrected chi connectivity index (χ3v) is 3.44. The number of carbonyl (C=O) groups excluding carboxylic acids is 4. The maximum Gasteiger partial charge on any atom is 0.303 e. The molecule has 10 nitrogen and oxygen atoms in total. The zero-order valence-electron chi connectivity index (χ0n) is 16.4. The standard InChI is InChI=1S/C18H24O10/c1-6-7-8-23-18-17(27-13(5)22)16(26-12(4)21)15(25-11(3)20)14(28-18)9-24-10(2)19/h14-18H,8-9H2,1-5H3/t14-,15+,16+,17-,18-/m1/s1. The zero-order valence-corrected chi connectivity index (χ0v) is 16.4. The van der Waals surface area contributed by atoms with E-state index < -0.39 is 54.6 Å². The highest BCUT2D eigenvalue weighted by Gasteiger charge is 2.52. The molecule has 0 aliphatic carbocycles. The van der Waals surface area contributed by atoms with E-state index in [1.54, 1.807) is 6.92 Å². The van der Waals surface area contributed by atoms with Gasteiger partial charge in [0, 0.05) is 27.7 Å². The van der Waals surface area contributed by atoms with Crippen LogP contribution in [0.2, 0.25) is 0 Å². The maximum atomic E-state index is 11.6.